The zero-order valence-electron chi connectivity index (χ0n) is 14.0. The standard InChI is InChI=1S/C21H22N2O/c1-2-3-13-23-18(14-19(23)24)20-16-11-7-8-12-17(16)22-21(20)15-9-5-4-6-10-15/h4-12,18,22H,2-3,13-14H2,1H3. The molecule has 122 valence electrons. The maximum atomic E-state index is 12.1. The number of carbonyl (C=O) groups excluding carboxylic acids is 1. The second-order valence-corrected chi connectivity index (χ2v) is 6.49. The van der Waals surface area contributed by atoms with Gasteiger partial charge in [0.1, 0.15) is 0 Å². The van der Waals surface area contributed by atoms with Crippen LogP contribution in [0.4, 0.5) is 0 Å². The topological polar surface area (TPSA) is 36.1 Å². The Morgan fingerprint density at radius 3 is 2.58 bits per heavy atom. The van der Waals surface area contributed by atoms with Crippen LogP contribution < -0.4 is 0 Å². The number of benzene rings is 2. The van der Waals surface area contributed by atoms with E-state index in [-0.39, 0.29) is 11.9 Å². The molecule has 1 saturated heterocycles. The summed E-state index contributed by atoms with van der Waals surface area (Å²) in [6, 6.07) is 19.0. The van der Waals surface area contributed by atoms with Crippen molar-refractivity contribution < 1.29 is 4.79 Å². The molecule has 1 aliphatic heterocycles. The third-order valence-corrected chi connectivity index (χ3v) is 4.96. The number of hydrogen-bond donors (Lipinski definition) is 1. The van der Waals surface area contributed by atoms with Gasteiger partial charge in [-0.3, -0.25) is 4.79 Å². The Labute approximate surface area is 142 Å². The first-order valence-corrected chi connectivity index (χ1v) is 8.75. The smallest absolute Gasteiger partial charge is 0.225 e. The Morgan fingerprint density at radius 1 is 1.08 bits per heavy atom. The summed E-state index contributed by atoms with van der Waals surface area (Å²) in [6.45, 7) is 3.02. The van der Waals surface area contributed by atoms with Gasteiger partial charge in [-0.15, -0.1) is 0 Å². The van der Waals surface area contributed by atoms with E-state index in [2.05, 4.69) is 60.4 Å². The Hall–Kier alpha value is -2.55. The van der Waals surface area contributed by atoms with Crippen LogP contribution in [0.1, 0.15) is 37.8 Å². The van der Waals surface area contributed by atoms with Crippen LogP contribution in [0.3, 0.4) is 0 Å². The molecule has 1 aromatic heterocycles. The number of hydrogen-bond acceptors (Lipinski definition) is 1. The fraction of sp³-hybridized carbons (Fsp3) is 0.286. The van der Waals surface area contributed by atoms with E-state index in [4.69, 9.17) is 0 Å². The number of likely N-dealkylation sites (tertiary alicyclic amines) is 1. The molecule has 24 heavy (non-hydrogen) atoms. The molecule has 0 aliphatic carbocycles. The maximum absolute atomic E-state index is 12.1. The normalized spacial score (nSPS) is 17.3. The molecular formula is C21H22N2O. The molecule has 0 spiro atoms. The Balaban J connectivity index is 1.83. The van der Waals surface area contributed by atoms with Gasteiger partial charge in [-0.05, 0) is 18.1 Å². The van der Waals surface area contributed by atoms with E-state index >= 15 is 0 Å². The number of amides is 1. The van der Waals surface area contributed by atoms with Gasteiger partial charge in [-0.25, -0.2) is 0 Å². The number of H-pyrrole nitrogens is 1. The highest BCUT2D eigenvalue weighted by atomic mass is 16.2. The first kappa shape index (κ1) is 15.0. The number of aromatic amines is 1. The largest absolute Gasteiger partial charge is 0.354 e. The molecule has 3 aromatic rings. The van der Waals surface area contributed by atoms with Crippen LogP contribution in [0, 0.1) is 0 Å². The van der Waals surface area contributed by atoms with E-state index in [1.807, 2.05) is 11.0 Å². The number of aromatic nitrogens is 1. The molecular weight excluding hydrogens is 296 g/mol. The minimum atomic E-state index is 0.190. The van der Waals surface area contributed by atoms with Crippen molar-refractivity contribution >= 4 is 16.8 Å². The van der Waals surface area contributed by atoms with Crippen LogP contribution in [0.5, 0.6) is 0 Å². The fourth-order valence-electron chi connectivity index (χ4n) is 3.66. The van der Waals surface area contributed by atoms with Crippen LogP contribution >= 0.6 is 0 Å². The lowest BCUT2D eigenvalue weighted by Gasteiger charge is -2.41. The summed E-state index contributed by atoms with van der Waals surface area (Å²) in [5, 5.41) is 1.23. The van der Waals surface area contributed by atoms with Crippen molar-refractivity contribution in [3.05, 3.63) is 60.2 Å². The average molecular weight is 318 g/mol. The van der Waals surface area contributed by atoms with Crippen molar-refractivity contribution in [3.8, 4) is 11.3 Å². The minimum absolute atomic E-state index is 0.190. The Kier molecular flexibility index (Phi) is 3.85. The van der Waals surface area contributed by atoms with Crippen molar-refractivity contribution in [2.24, 2.45) is 0 Å². The summed E-state index contributed by atoms with van der Waals surface area (Å²) in [5.74, 6) is 0.276. The van der Waals surface area contributed by atoms with Gasteiger partial charge < -0.3 is 9.88 Å². The van der Waals surface area contributed by atoms with Gasteiger partial charge in [0.25, 0.3) is 0 Å². The number of rotatable bonds is 5. The molecule has 2 heterocycles. The van der Waals surface area contributed by atoms with E-state index in [9.17, 15) is 4.79 Å². The lowest BCUT2D eigenvalue weighted by molar-refractivity contribution is -0.146. The second-order valence-electron chi connectivity index (χ2n) is 6.49. The minimum Gasteiger partial charge on any atom is -0.354 e. The van der Waals surface area contributed by atoms with Crippen LogP contribution in [-0.4, -0.2) is 22.3 Å². The number of β-lactam (4-membered cyclic amide) rings is 1. The lowest BCUT2D eigenvalue weighted by Crippen LogP contribution is -2.46. The molecule has 1 N–H and O–H groups in total. The number of nitrogens with zero attached hydrogens (tertiary/aromatic N) is 1. The number of carbonyl (C=O) groups is 1. The van der Waals surface area contributed by atoms with Crippen LogP contribution in [0.25, 0.3) is 22.2 Å². The van der Waals surface area contributed by atoms with Crippen molar-refractivity contribution in [1.29, 1.82) is 0 Å². The second kappa shape index (κ2) is 6.16. The van der Waals surface area contributed by atoms with Gasteiger partial charge in [0.2, 0.25) is 5.91 Å². The molecule has 1 atom stereocenters. The van der Waals surface area contributed by atoms with Crippen molar-refractivity contribution in [1.82, 2.24) is 9.88 Å². The van der Waals surface area contributed by atoms with E-state index in [0.29, 0.717) is 6.42 Å². The third kappa shape index (κ3) is 2.41. The van der Waals surface area contributed by atoms with E-state index in [1.165, 1.54) is 16.5 Å². The SMILES string of the molecule is CCCCN1C(=O)CC1c1c(-c2ccccc2)[nH]c2ccccc12. The molecule has 3 nitrogen and oxygen atoms in total. The molecule has 4 rings (SSSR count). The highest BCUT2D eigenvalue weighted by molar-refractivity contribution is 5.94. The maximum Gasteiger partial charge on any atom is 0.225 e. The predicted molar refractivity (Wildman–Crippen MR) is 97.7 cm³/mol. The molecule has 2 aromatic carbocycles. The van der Waals surface area contributed by atoms with Crippen LogP contribution in [0.15, 0.2) is 54.6 Å². The summed E-state index contributed by atoms with van der Waals surface area (Å²) in [5.41, 5.74) is 4.74. The molecule has 0 saturated carbocycles. The van der Waals surface area contributed by atoms with Crippen LogP contribution in [-0.2, 0) is 4.79 Å². The van der Waals surface area contributed by atoms with Crippen LogP contribution in [0.2, 0.25) is 0 Å². The van der Waals surface area contributed by atoms with Gasteiger partial charge in [0.05, 0.1) is 18.2 Å². The van der Waals surface area contributed by atoms with Crippen molar-refractivity contribution in [3.63, 3.8) is 0 Å². The molecule has 0 radical (unpaired) electrons. The molecule has 1 unspecified atom stereocenters. The summed E-state index contributed by atoms with van der Waals surface area (Å²) in [6.07, 6.45) is 2.78. The summed E-state index contributed by atoms with van der Waals surface area (Å²) in [4.78, 5) is 17.8. The first-order chi connectivity index (χ1) is 11.8. The monoisotopic (exact) mass is 318 g/mol. The highest BCUT2D eigenvalue weighted by Gasteiger charge is 2.39. The first-order valence-electron chi connectivity index (χ1n) is 8.75. The molecule has 1 fully saturated rings. The highest BCUT2D eigenvalue weighted by Crippen LogP contribution is 2.43. The van der Waals surface area contributed by atoms with Gasteiger partial charge in [-0.1, -0.05) is 61.9 Å². The van der Waals surface area contributed by atoms with E-state index in [1.54, 1.807) is 0 Å². The van der Waals surface area contributed by atoms with Gasteiger partial charge >= 0.3 is 0 Å². The number of fused-ring (bicyclic) bond motifs is 1. The molecule has 0 bridgehead atoms. The van der Waals surface area contributed by atoms with E-state index in [0.717, 1.165) is 30.6 Å². The quantitative estimate of drug-likeness (QED) is 0.667. The number of unbranched alkanes of at least 4 members (excludes halogenated alkanes) is 1. The van der Waals surface area contributed by atoms with Gasteiger partial charge in [-0.2, -0.15) is 0 Å². The van der Waals surface area contributed by atoms with Crippen molar-refractivity contribution in [2.45, 2.75) is 32.2 Å². The molecule has 1 amide bonds. The van der Waals surface area contributed by atoms with E-state index < -0.39 is 0 Å². The third-order valence-electron chi connectivity index (χ3n) is 4.96. The lowest BCUT2D eigenvalue weighted by atomic mass is 9.89. The summed E-state index contributed by atoms with van der Waals surface area (Å²) in [7, 11) is 0. The Bertz CT molecular complexity index is 866. The summed E-state index contributed by atoms with van der Waals surface area (Å²) >= 11 is 0. The average Bonchev–Trinajstić information content (AvgIpc) is 2.99. The summed E-state index contributed by atoms with van der Waals surface area (Å²) < 4.78 is 0. The van der Waals surface area contributed by atoms with Gasteiger partial charge in [0.15, 0.2) is 0 Å². The fourth-order valence-corrected chi connectivity index (χ4v) is 3.66. The molecule has 1 aliphatic rings. The zero-order chi connectivity index (χ0) is 16.5. The Morgan fingerprint density at radius 2 is 1.83 bits per heavy atom. The van der Waals surface area contributed by atoms with Gasteiger partial charge in [0, 0.05) is 23.0 Å². The predicted octanol–water partition coefficient (Wildman–Crippen LogP) is 4.91. The number of para-hydroxylation sites is 1. The number of nitrogens with one attached hydrogen (secondary N) is 1. The van der Waals surface area contributed by atoms with Crippen molar-refractivity contribution in [2.75, 3.05) is 6.54 Å². The molecule has 3 heteroatoms. The zero-order valence-corrected chi connectivity index (χ0v) is 14.0.